The zero-order chi connectivity index (χ0) is 28.5. The second kappa shape index (κ2) is 10.5. The van der Waals surface area contributed by atoms with Crippen LogP contribution in [0.4, 0.5) is 0 Å². The summed E-state index contributed by atoms with van der Waals surface area (Å²) in [6.07, 6.45) is -0.0655. The van der Waals surface area contributed by atoms with E-state index in [2.05, 4.69) is 20.8 Å². The second-order valence-corrected chi connectivity index (χ2v) is 15.5. The molecule has 1 aliphatic rings. The average Bonchev–Trinajstić information content (AvgIpc) is 2.96. The van der Waals surface area contributed by atoms with Gasteiger partial charge in [0.1, 0.15) is 5.75 Å². The lowest BCUT2D eigenvalue weighted by molar-refractivity contribution is -0.157. The SMILES string of the molecule is CC(C)(C)[Si](OC1(C(=O)O)CC(CO)=C(c2ccccc2)c2ccc(O)cc21)(c1ccccc1)c1ccccc1. The van der Waals surface area contributed by atoms with E-state index >= 15 is 0 Å². The van der Waals surface area contributed by atoms with Gasteiger partial charge in [-0.15, -0.1) is 0 Å². The second-order valence-electron chi connectivity index (χ2n) is 11.3. The highest BCUT2D eigenvalue weighted by molar-refractivity contribution is 6.99. The van der Waals surface area contributed by atoms with Gasteiger partial charge in [-0.1, -0.05) is 118 Å². The van der Waals surface area contributed by atoms with E-state index in [1.165, 1.54) is 6.07 Å². The zero-order valence-corrected chi connectivity index (χ0v) is 24.0. The van der Waals surface area contributed by atoms with Gasteiger partial charge in [-0.25, -0.2) is 4.79 Å². The molecule has 0 amide bonds. The van der Waals surface area contributed by atoms with Crippen molar-refractivity contribution in [2.75, 3.05) is 6.61 Å². The van der Waals surface area contributed by atoms with Crippen molar-refractivity contribution >= 4 is 30.2 Å². The van der Waals surface area contributed by atoms with Crippen molar-refractivity contribution in [3.8, 4) is 5.75 Å². The highest BCUT2D eigenvalue weighted by atomic mass is 28.4. The van der Waals surface area contributed by atoms with Crippen LogP contribution in [-0.2, 0) is 14.8 Å². The van der Waals surface area contributed by atoms with Gasteiger partial charge in [0.15, 0.2) is 5.60 Å². The van der Waals surface area contributed by atoms with Crippen molar-refractivity contribution in [1.29, 1.82) is 0 Å². The number of aliphatic carboxylic acids is 1. The molecule has 0 aromatic heterocycles. The van der Waals surface area contributed by atoms with Crippen molar-refractivity contribution in [2.24, 2.45) is 0 Å². The van der Waals surface area contributed by atoms with Crippen LogP contribution in [0.5, 0.6) is 5.75 Å². The van der Waals surface area contributed by atoms with Gasteiger partial charge >= 0.3 is 5.97 Å². The zero-order valence-electron chi connectivity index (χ0n) is 23.0. The molecule has 1 unspecified atom stereocenters. The maximum Gasteiger partial charge on any atom is 0.340 e. The Hall–Kier alpha value is -3.97. The molecule has 4 aromatic rings. The first-order chi connectivity index (χ1) is 19.1. The topological polar surface area (TPSA) is 87.0 Å². The van der Waals surface area contributed by atoms with Crippen LogP contribution in [0.25, 0.3) is 5.57 Å². The third-order valence-corrected chi connectivity index (χ3v) is 12.9. The lowest BCUT2D eigenvalue weighted by Crippen LogP contribution is -2.70. The molecule has 0 saturated heterocycles. The van der Waals surface area contributed by atoms with Gasteiger partial charge in [0.05, 0.1) is 6.61 Å². The molecule has 204 valence electrons. The minimum absolute atomic E-state index is 0.0460. The van der Waals surface area contributed by atoms with E-state index in [0.29, 0.717) is 16.7 Å². The first-order valence-electron chi connectivity index (χ1n) is 13.4. The molecule has 5 rings (SSSR count). The summed E-state index contributed by atoms with van der Waals surface area (Å²) in [4.78, 5) is 13.6. The van der Waals surface area contributed by atoms with Crippen LogP contribution < -0.4 is 10.4 Å². The Morgan fingerprint density at radius 3 is 1.85 bits per heavy atom. The summed E-state index contributed by atoms with van der Waals surface area (Å²) in [7, 11) is -3.37. The van der Waals surface area contributed by atoms with Crippen LogP contribution in [0.15, 0.2) is 115 Å². The number of aliphatic hydroxyl groups is 1. The monoisotopic (exact) mass is 550 g/mol. The molecule has 3 N–H and O–H groups in total. The summed E-state index contributed by atoms with van der Waals surface area (Å²) >= 11 is 0. The Balaban J connectivity index is 1.86. The van der Waals surface area contributed by atoms with Crippen molar-refractivity contribution in [3.63, 3.8) is 0 Å². The predicted molar refractivity (Wildman–Crippen MR) is 160 cm³/mol. The van der Waals surface area contributed by atoms with Crippen molar-refractivity contribution in [3.05, 3.63) is 131 Å². The average molecular weight is 551 g/mol. The Morgan fingerprint density at radius 2 is 1.38 bits per heavy atom. The number of rotatable bonds is 7. The fraction of sp³-hybridized carbons (Fsp3) is 0.206. The van der Waals surface area contributed by atoms with Crippen LogP contribution >= 0.6 is 0 Å². The Bertz CT molecular complexity index is 1500. The third kappa shape index (κ3) is 4.48. The highest BCUT2D eigenvalue weighted by Gasteiger charge is 2.59. The van der Waals surface area contributed by atoms with E-state index in [1.807, 2.05) is 91.0 Å². The van der Waals surface area contributed by atoms with E-state index in [9.17, 15) is 20.1 Å². The van der Waals surface area contributed by atoms with Gasteiger partial charge in [-0.3, -0.25) is 0 Å². The van der Waals surface area contributed by atoms with E-state index in [1.54, 1.807) is 12.1 Å². The van der Waals surface area contributed by atoms with Crippen molar-refractivity contribution in [1.82, 2.24) is 0 Å². The van der Waals surface area contributed by atoms with E-state index in [0.717, 1.165) is 21.5 Å². The molecule has 5 nitrogen and oxygen atoms in total. The molecule has 1 aliphatic carbocycles. The maximum atomic E-state index is 13.6. The smallest absolute Gasteiger partial charge is 0.340 e. The number of benzene rings is 4. The van der Waals surface area contributed by atoms with Crippen LogP contribution in [0.1, 0.15) is 43.9 Å². The van der Waals surface area contributed by atoms with E-state index in [-0.39, 0.29) is 18.8 Å². The minimum Gasteiger partial charge on any atom is -0.508 e. The Morgan fingerprint density at radius 1 is 0.850 bits per heavy atom. The largest absolute Gasteiger partial charge is 0.508 e. The highest BCUT2D eigenvalue weighted by Crippen LogP contribution is 2.51. The van der Waals surface area contributed by atoms with Crippen molar-refractivity contribution < 1.29 is 24.5 Å². The number of aromatic hydroxyl groups is 1. The fourth-order valence-electron chi connectivity index (χ4n) is 6.09. The molecule has 0 aliphatic heterocycles. The number of hydrogen-bond donors (Lipinski definition) is 3. The quantitative estimate of drug-likeness (QED) is 0.267. The van der Waals surface area contributed by atoms with Crippen LogP contribution in [-0.4, -0.2) is 36.2 Å². The normalized spacial score (nSPS) is 17.4. The first kappa shape index (κ1) is 27.6. The maximum absolute atomic E-state index is 13.6. The molecule has 6 heteroatoms. The molecule has 1 atom stereocenters. The molecule has 0 radical (unpaired) electrons. The third-order valence-electron chi connectivity index (χ3n) is 7.87. The van der Waals surface area contributed by atoms with Gasteiger partial charge < -0.3 is 19.7 Å². The van der Waals surface area contributed by atoms with Gasteiger partial charge in [0, 0.05) is 12.0 Å². The van der Waals surface area contributed by atoms with Crippen LogP contribution in [0, 0.1) is 0 Å². The Kier molecular flexibility index (Phi) is 7.27. The predicted octanol–water partition coefficient (Wildman–Crippen LogP) is 5.45. The summed E-state index contributed by atoms with van der Waals surface area (Å²) in [6, 6.07) is 34.2. The Labute approximate surface area is 236 Å². The molecular weight excluding hydrogens is 516 g/mol. The number of fused-ring (bicyclic) bond motifs is 1. The lowest BCUT2D eigenvalue weighted by Gasteiger charge is -2.50. The van der Waals surface area contributed by atoms with Gasteiger partial charge in [0.25, 0.3) is 8.32 Å². The lowest BCUT2D eigenvalue weighted by atomic mass is 9.74. The summed E-state index contributed by atoms with van der Waals surface area (Å²) in [6.45, 7) is 5.96. The summed E-state index contributed by atoms with van der Waals surface area (Å²) in [5.41, 5.74) is 1.34. The number of carboxylic acids is 1. The standard InChI is InChI=1S/C34H34O5Si/c1-33(2,3)40(27-15-9-5-10-16-27,28-17-11-6-12-18-28)39-34(32(37)38)22-25(23-35)31(24-13-7-4-8-14-24)29-20-19-26(36)21-30(29)34/h4-21,35-36H,22-23H2,1-3H3,(H,37,38). The van der Waals surface area contributed by atoms with E-state index < -0.39 is 24.9 Å². The number of hydrogen-bond acceptors (Lipinski definition) is 4. The number of phenolic OH excluding ortho intramolecular Hbond substituents is 1. The molecule has 0 bridgehead atoms. The summed E-state index contributed by atoms with van der Waals surface area (Å²) < 4.78 is 7.35. The number of carboxylic acid groups (broad SMARTS) is 1. The van der Waals surface area contributed by atoms with Crippen molar-refractivity contribution in [2.45, 2.75) is 37.8 Å². The molecule has 0 spiro atoms. The molecule has 0 fully saturated rings. The van der Waals surface area contributed by atoms with Crippen LogP contribution in [0.3, 0.4) is 0 Å². The molecule has 40 heavy (non-hydrogen) atoms. The summed E-state index contributed by atoms with van der Waals surface area (Å²) in [5.74, 6) is -1.21. The van der Waals surface area contributed by atoms with Gasteiger partial charge in [-0.05, 0) is 49.8 Å². The van der Waals surface area contributed by atoms with E-state index in [4.69, 9.17) is 4.43 Å². The van der Waals surface area contributed by atoms with Crippen LogP contribution in [0.2, 0.25) is 5.04 Å². The molecule has 0 heterocycles. The molecular formula is C34H34O5Si. The molecule has 4 aromatic carbocycles. The van der Waals surface area contributed by atoms with Gasteiger partial charge in [0.2, 0.25) is 0 Å². The first-order valence-corrected chi connectivity index (χ1v) is 15.3. The molecule has 0 saturated carbocycles. The van der Waals surface area contributed by atoms with Gasteiger partial charge in [-0.2, -0.15) is 0 Å². The fourth-order valence-corrected chi connectivity index (χ4v) is 10.8. The minimum atomic E-state index is -3.37. The number of carbonyl (C=O) groups is 1. The number of phenols is 1. The summed E-state index contributed by atoms with van der Waals surface area (Å²) in [5, 5.41) is 33.9. The number of aliphatic hydroxyl groups excluding tert-OH is 1.